The number of benzene rings is 10. The fraction of sp³-hybridized carbons (Fsp3) is 0.0667. The van der Waals surface area contributed by atoms with Crippen LogP contribution in [-0.4, -0.2) is 6.71 Å². The van der Waals surface area contributed by atoms with Crippen molar-refractivity contribution in [2.24, 2.45) is 0 Å². The lowest BCUT2D eigenvalue weighted by atomic mass is 9.33. The first kappa shape index (κ1) is 37.2. The largest absolute Gasteiger partial charge is 0.311 e. The standard InChI is InChI=1S/C60H45BN2/c1-60(2,3)44-34-35-52-54(39-44)63(46-26-11-6-12-27-46)56-38-43(37-55-59(56)61(52)51-32-17-18-33-53(51)62(55)45-24-9-5-10-25-45)41-22-19-23-42(36-41)58-49-30-15-13-28-47(49)57(40-20-7-4-8-21-40)48-29-14-16-31-50(48)58/h4-39H,1-3H3. The highest BCUT2D eigenvalue weighted by Gasteiger charge is 2.43. The number of fused-ring (bicyclic) bond motifs is 6. The van der Waals surface area contributed by atoms with Gasteiger partial charge in [-0.25, -0.2) is 0 Å². The first-order valence-corrected chi connectivity index (χ1v) is 22.1. The van der Waals surface area contributed by atoms with E-state index in [0.717, 1.165) is 11.4 Å². The Kier molecular flexibility index (Phi) is 8.56. The quantitative estimate of drug-likeness (QED) is 0.126. The van der Waals surface area contributed by atoms with E-state index < -0.39 is 0 Å². The molecule has 0 aliphatic carbocycles. The highest BCUT2D eigenvalue weighted by Crippen LogP contribution is 2.48. The maximum absolute atomic E-state index is 2.54. The Morgan fingerprint density at radius 3 is 1.38 bits per heavy atom. The van der Waals surface area contributed by atoms with Gasteiger partial charge in [0.2, 0.25) is 0 Å². The molecule has 2 aliphatic heterocycles. The van der Waals surface area contributed by atoms with Gasteiger partial charge < -0.3 is 9.80 Å². The molecule has 2 aliphatic rings. The SMILES string of the molecule is CC(C)(C)c1ccc2c(c1)N(c1ccccc1)c1cc(-c3cccc(-c4c5ccccc5c(-c5ccccc5)c5ccccc45)c3)cc3c1B2c1ccccc1N3c1ccccc1. The predicted octanol–water partition coefficient (Wildman–Crippen LogP) is 14.4. The van der Waals surface area contributed by atoms with Crippen molar-refractivity contribution in [2.75, 3.05) is 9.80 Å². The van der Waals surface area contributed by atoms with Gasteiger partial charge in [-0.15, -0.1) is 0 Å². The van der Waals surface area contributed by atoms with Crippen LogP contribution in [0.1, 0.15) is 26.3 Å². The molecule has 10 aromatic carbocycles. The number of rotatable bonds is 5. The van der Waals surface area contributed by atoms with Crippen LogP contribution in [0.4, 0.5) is 34.1 Å². The van der Waals surface area contributed by atoms with Gasteiger partial charge in [-0.2, -0.15) is 0 Å². The van der Waals surface area contributed by atoms with Crippen molar-refractivity contribution in [1.82, 2.24) is 0 Å². The Morgan fingerprint density at radius 1 is 0.333 bits per heavy atom. The summed E-state index contributed by atoms with van der Waals surface area (Å²) in [5.41, 5.74) is 19.8. The lowest BCUT2D eigenvalue weighted by molar-refractivity contribution is 0.590. The zero-order valence-electron chi connectivity index (χ0n) is 35.8. The molecule has 2 nitrogen and oxygen atoms in total. The first-order valence-electron chi connectivity index (χ1n) is 22.1. The van der Waals surface area contributed by atoms with Crippen LogP contribution in [0.3, 0.4) is 0 Å². The summed E-state index contributed by atoms with van der Waals surface area (Å²) in [5, 5.41) is 5.03. The highest BCUT2D eigenvalue weighted by molar-refractivity contribution is 7.00. The summed E-state index contributed by atoms with van der Waals surface area (Å²) in [6, 6.07) is 81.1. The molecule has 12 rings (SSSR count). The first-order chi connectivity index (χ1) is 30.9. The van der Waals surface area contributed by atoms with E-state index in [9.17, 15) is 0 Å². The summed E-state index contributed by atoms with van der Waals surface area (Å²) in [7, 11) is 0. The van der Waals surface area contributed by atoms with Crippen LogP contribution in [-0.2, 0) is 5.41 Å². The van der Waals surface area contributed by atoms with Gasteiger partial charge in [-0.05, 0) is 137 Å². The third-order valence-corrected chi connectivity index (χ3v) is 13.4. The van der Waals surface area contributed by atoms with Crippen molar-refractivity contribution in [3.8, 4) is 33.4 Å². The number of nitrogens with zero attached hydrogens (tertiary/aromatic N) is 2. The van der Waals surface area contributed by atoms with Gasteiger partial charge in [0.15, 0.2) is 0 Å². The van der Waals surface area contributed by atoms with Gasteiger partial charge >= 0.3 is 0 Å². The molecule has 63 heavy (non-hydrogen) atoms. The van der Waals surface area contributed by atoms with Gasteiger partial charge in [-0.3, -0.25) is 0 Å². The lowest BCUT2D eigenvalue weighted by Crippen LogP contribution is -2.61. The molecule has 0 aromatic heterocycles. The second-order valence-electron chi connectivity index (χ2n) is 18.1. The number of hydrogen-bond acceptors (Lipinski definition) is 2. The molecule has 0 N–H and O–H groups in total. The molecule has 0 bridgehead atoms. The normalized spacial score (nSPS) is 12.9. The number of para-hydroxylation sites is 3. The Labute approximate surface area is 370 Å². The number of hydrogen-bond donors (Lipinski definition) is 0. The molecule has 10 aromatic rings. The second-order valence-corrected chi connectivity index (χ2v) is 18.1. The molecule has 298 valence electrons. The van der Waals surface area contributed by atoms with Crippen molar-refractivity contribution >= 4 is 78.8 Å². The molecule has 0 fully saturated rings. The third kappa shape index (κ3) is 5.95. The van der Waals surface area contributed by atoms with Crippen LogP contribution in [0.5, 0.6) is 0 Å². The minimum Gasteiger partial charge on any atom is -0.311 e. The fourth-order valence-corrected chi connectivity index (χ4v) is 10.5. The third-order valence-electron chi connectivity index (χ3n) is 13.4. The molecule has 0 saturated carbocycles. The van der Waals surface area contributed by atoms with E-state index in [1.54, 1.807) is 0 Å². The molecule has 0 saturated heterocycles. The van der Waals surface area contributed by atoms with E-state index in [-0.39, 0.29) is 12.1 Å². The van der Waals surface area contributed by atoms with E-state index in [1.807, 2.05) is 0 Å². The van der Waals surface area contributed by atoms with Gasteiger partial charge in [0.25, 0.3) is 6.71 Å². The van der Waals surface area contributed by atoms with E-state index in [0.29, 0.717) is 0 Å². The van der Waals surface area contributed by atoms with Crippen LogP contribution in [0.2, 0.25) is 0 Å². The van der Waals surface area contributed by atoms with E-state index in [1.165, 1.54) is 99.6 Å². The Balaban J connectivity index is 1.14. The van der Waals surface area contributed by atoms with Gasteiger partial charge in [0, 0.05) is 34.1 Å². The average Bonchev–Trinajstić information content (AvgIpc) is 3.33. The lowest BCUT2D eigenvalue weighted by Gasteiger charge is -2.44. The van der Waals surface area contributed by atoms with Crippen LogP contribution in [0, 0.1) is 0 Å². The van der Waals surface area contributed by atoms with Crippen LogP contribution in [0.15, 0.2) is 218 Å². The zero-order valence-corrected chi connectivity index (χ0v) is 35.8. The van der Waals surface area contributed by atoms with Crippen molar-refractivity contribution in [3.63, 3.8) is 0 Å². The van der Waals surface area contributed by atoms with Crippen molar-refractivity contribution in [1.29, 1.82) is 0 Å². The molecule has 0 unspecified atom stereocenters. The van der Waals surface area contributed by atoms with Crippen LogP contribution >= 0.6 is 0 Å². The van der Waals surface area contributed by atoms with Gasteiger partial charge in [0.1, 0.15) is 0 Å². The molecule has 0 radical (unpaired) electrons. The maximum Gasteiger partial charge on any atom is 0.252 e. The van der Waals surface area contributed by atoms with Crippen molar-refractivity contribution in [3.05, 3.63) is 224 Å². The molecule has 0 spiro atoms. The molecule has 2 heterocycles. The monoisotopic (exact) mass is 804 g/mol. The maximum atomic E-state index is 2.54. The summed E-state index contributed by atoms with van der Waals surface area (Å²) in [5.74, 6) is 0. The van der Waals surface area contributed by atoms with Crippen molar-refractivity contribution < 1.29 is 0 Å². The minimum atomic E-state index is -0.0205. The molecule has 0 amide bonds. The Bertz CT molecular complexity index is 3330. The Morgan fingerprint density at radius 2 is 0.794 bits per heavy atom. The fourth-order valence-electron chi connectivity index (χ4n) is 10.5. The summed E-state index contributed by atoms with van der Waals surface area (Å²) < 4.78 is 0. The van der Waals surface area contributed by atoms with E-state index in [4.69, 9.17) is 0 Å². The topological polar surface area (TPSA) is 6.48 Å². The molecular formula is C60H45BN2. The average molecular weight is 805 g/mol. The molecule has 0 atom stereocenters. The summed E-state index contributed by atoms with van der Waals surface area (Å²) in [6.45, 7) is 7.00. The van der Waals surface area contributed by atoms with Gasteiger partial charge in [-0.1, -0.05) is 185 Å². The van der Waals surface area contributed by atoms with Crippen molar-refractivity contribution in [2.45, 2.75) is 26.2 Å². The number of anilines is 6. The summed E-state index contributed by atoms with van der Waals surface area (Å²) >= 11 is 0. The summed E-state index contributed by atoms with van der Waals surface area (Å²) in [6.07, 6.45) is 0. The summed E-state index contributed by atoms with van der Waals surface area (Å²) in [4.78, 5) is 5.03. The highest BCUT2D eigenvalue weighted by atomic mass is 15.2. The van der Waals surface area contributed by atoms with E-state index >= 15 is 0 Å². The van der Waals surface area contributed by atoms with Crippen LogP contribution < -0.4 is 26.2 Å². The molecular weight excluding hydrogens is 759 g/mol. The second kappa shape index (κ2) is 14.5. The smallest absolute Gasteiger partial charge is 0.252 e. The van der Waals surface area contributed by atoms with E-state index in [2.05, 4.69) is 249 Å². The molecule has 3 heteroatoms. The zero-order chi connectivity index (χ0) is 42.2. The predicted molar refractivity (Wildman–Crippen MR) is 270 cm³/mol. The minimum absolute atomic E-state index is 0.0205. The van der Waals surface area contributed by atoms with Crippen LogP contribution in [0.25, 0.3) is 54.9 Å². The van der Waals surface area contributed by atoms with Gasteiger partial charge in [0.05, 0.1) is 0 Å². The Hall–Kier alpha value is -7.62.